The molecule has 6 heteroatoms. The van der Waals surface area contributed by atoms with Crippen LogP contribution in [0.1, 0.15) is 18.1 Å². The Kier molecular flexibility index (Phi) is 7.12. The highest BCUT2D eigenvalue weighted by Gasteiger charge is 2.44. The molecule has 0 aliphatic carbocycles. The predicted octanol–water partition coefficient (Wildman–Crippen LogP) is 0.918. The molecule has 4 unspecified atom stereocenters. The number of aliphatic hydroxyl groups excluding tert-OH is 4. The van der Waals surface area contributed by atoms with E-state index in [0.29, 0.717) is 5.57 Å². The Labute approximate surface area is 158 Å². The van der Waals surface area contributed by atoms with Gasteiger partial charge in [0.25, 0.3) is 0 Å². The van der Waals surface area contributed by atoms with Gasteiger partial charge in [0.15, 0.2) is 0 Å². The zero-order valence-corrected chi connectivity index (χ0v) is 15.4. The van der Waals surface area contributed by atoms with Crippen molar-refractivity contribution in [1.29, 1.82) is 0 Å². The van der Waals surface area contributed by atoms with Crippen LogP contribution in [0.3, 0.4) is 0 Å². The minimum absolute atomic E-state index is 0.0246. The van der Waals surface area contributed by atoms with Gasteiger partial charge in [-0.1, -0.05) is 60.7 Å². The van der Waals surface area contributed by atoms with E-state index < -0.39 is 30.5 Å². The van der Waals surface area contributed by atoms with E-state index in [1.54, 1.807) is 0 Å². The summed E-state index contributed by atoms with van der Waals surface area (Å²) >= 11 is 0. The van der Waals surface area contributed by atoms with Gasteiger partial charge >= 0.3 is 0 Å². The summed E-state index contributed by atoms with van der Waals surface area (Å²) in [5.74, 6) is 0.0246. The van der Waals surface area contributed by atoms with E-state index in [1.807, 2.05) is 60.7 Å². The number of hydrogen-bond acceptors (Lipinski definition) is 6. The Balaban J connectivity index is 2.66. The zero-order valence-electron chi connectivity index (χ0n) is 15.4. The minimum atomic E-state index is -2.05. The minimum Gasteiger partial charge on any atom is -0.497 e. The van der Waals surface area contributed by atoms with E-state index in [1.165, 1.54) is 14.0 Å². The van der Waals surface area contributed by atoms with Crippen molar-refractivity contribution in [2.24, 2.45) is 0 Å². The molecule has 27 heavy (non-hydrogen) atoms. The lowest BCUT2D eigenvalue weighted by Crippen LogP contribution is -2.53. The van der Waals surface area contributed by atoms with Gasteiger partial charge in [-0.2, -0.15) is 0 Å². The van der Waals surface area contributed by atoms with E-state index in [0.717, 1.165) is 11.1 Å². The highest BCUT2D eigenvalue weighted by Crippen LogP contribution is 2.35. The molecule has 146 valence electrons. The van der Waals surface area contributed by atoms with Crippen molar-refractivity contribution in [3.05, 3.63) is 77.5 Å². The van der Waals surface area contributed by atoms with Gasteiger partial charge in [0.1, 0.15) is 29.7 Å². The lowest BCUT2D eigenvalue weighted by Gasteiger charge is -2.36. The quantitative estimate of drug-likeness (QED) is 0.440. The molecule has 0 saturated heterocycles. The third-order valence-corrected chi connectivity index (χ3v) is 4.50. The first kappa shape index (κ1) is 21.1. The molecule has 0 spiro atoms. The Hall–Kier alpha value is -2.22. The van der Waals surface area contributed by atoms with Gasteiger partial charge in [0, 0.05) is 5.57 Å². The van der Waals surface area contributed by atoms with E-state index in [4.69, 9.17) is 9.84 Å². The molecule has 2 rings (SSSR count). The third-order valence-electron chi connectivity index (χ3n) is 4.50. The van der Waals surface area contributed by atoms with Crippen LogP contribution in [0.2, 0.25) is 0 Å². The Morgan fingerprint density at radius 1 is 0.926 bits per heavy atom. The molecule has 0 aliphatic rings. The van der Waals surface area contributed by atoms with Crippen LogP contribution in [0.5, 0.6) is 0 Å². The molecule has 6 nitrogen and oxygen atoms in total. The van der Waals surface area contributed by atoms with E-state index in [9.17, 15) is 20.4 Å². The lowest BCUT2D eigenvalue weighted by atomic mass is 9.84. The number of methoxy groups -OCH3 is 1. The van der Waals surface area contributed by atoms with Crippen LogP contribution >= 0.6 is 0 Å². The summed E-state index contributed by atoms with van der Waals surface area (Å²) in [6.07, 6.45) is -5.19. The molecule has 0 radical (unpaired) electrons. The van der Waals surface area contributed by atoms with Gasteiger partial charge in [-0.05, 0) is 18.1 Å². The normalized spacial score (nSPS) is 16.7. The van der Waals surface area contributed by atoms with Crippen molar-refractivity contribution < 1.29 is 30.3 Å². The predicted molar refractivity (Wildman–Crippen MR) is 102 cm³/mol. The second kappa shape index (κ2) is 9.12. The highest BCUT2D eigenvalue weighted by atomic mass is 16.5. The summed E-state index contributed by atoms with van der Waals surface area (Å²) in [5.41, 5.74) is -0.0328. The van der Waals surface area contributed by atoms with Crippen molar-refractivity contribution in [3.8, 4) is 0 Å². The van der Waals surface area contributed by atoms with E-state index in [2.05, 4.69) is 0 Å². The molecule has 0 bridgehead atoms. The van der Waals surface area contributed by atoms with Crippen molar-refractivity contribution in [2.45, 2.75) is 30.8 Å². The fourth-order valence-electron chi connectivity index (χ4n) is 2.99. The molecule has 0 fully saturated rings. The van der Waals surface area contributed by atoms with E-state index >= 15 is 0 Å². The van der Waals surface area contributed by atoms with Crippen LogP contribution in [0.15, 0.2) is 66.4 Å². The summed E-state index contributed by atoms with van der Waals surface area (Å²) in [5, 5.41) is 50.4. The maximum Gasteiger partial charge on any atom is 0.148 e. The van der Waals surface area contributed by atoms with Crippen LogP contribution in [-0.4, -0.2) is 63.2 Å². The Morgan fingerprint density at radius 2 is 1.37 bits per heavy atom. The lowest BCUT2D eigenvalue weighted by molar-refractivity contribution is -0.149. The van der Waals surface area contributed by atoms with Crippen LogP contribution < -0.4 is 0 Å². The van der Waals surface area contributed by atoms with Crippen LogP contribution in [0.4, 0.5) is 0 Å². The number of rotatable bonds is 8. The molecule has 0 amide bonds. The van der Waals surface area contributed by atoms with Crippen molar-refractivity contribution in [1.82, 2.24) is 0 Å². The highest BCUT2D eigenvalue weighted by molar-refractivity contribution is 5.82. The first-order chi connectivity index (χ1) is 12.8. The fraction of sp³-hybridized carbons (Fsp3) is 0.333. The molecule has 0 saturated carbocycles. The summed E-state index contributed by atoms with van der Waals surface area (Å²) in [7, 11) is 1.36. The van der Waals surface area contributed by atoms with Gasteiger partial charge < -0.3 is 30.3 Å². The van der Waals surface area contributed by atoms with Crippen molar-refractivity contribution in [2.75, 3.05) is 13.7 Å². The average molecular weight is 374 g/mol. The topological polar surface area (TPSA) is 110 Å². The largest absolute Gasteiger partial charge is 0.497 e. The maximum absolute atomic E-state index is 11.1. The number of aliphatic hydroxyl groups is 5. The monoisotopic (exact) mass is 374 g/mol. The van der Waals surface area contributed by atoms with Crippen LogP contribution in [-0.2, 0) is 4.74 Å². The molecule has 0 heterocycles. The fourth-order valence-corrected chi connectivity index (χ4v) is 2.99. The first-order valence-electron chi connectivity index (χ1n) is 8.61. The summed E-state index contributed by atoms with van der Waals surface area (Å²) in [6, 6.07) is 18.4. The smallest absolute Gasteiger partial charge is 0.148 e. The SMILES string of the molecule is COC(=C(c1ccccc1)c1ccccc1)C(C)(O)C(O)C(O)C(O)CO. The van der Waals surface area contributed by atoms with Crippen molar-refractivity contribution >= 4 is 5.57 Å². The number of hydrogen-bond donors (Lipinski definition) is 5. The van der Waals surface area contributed by atoms with Crippen molar-refractivity contribution in [3.63, 3.8) is 0 Å². The summed E-state index contributed by atoms with van der Waals surface area (Å²) < 4.78 is 5.49. The Morgan fingerprint density at radius 3 is 1.74 bits per heavy atom. The van der Waals surface area contributed by atoms with Gasteiger partial charge in [0.05, 0.1) is 13.7 Å². The van der Waals surface area contributed by atoms with Gasteiger partial charge in [-0.3, -0.25) is 0 Å². The molecule has 2 aromatic carbocycles. The maximum atomic E-state index is 11.1. The van der Waals surface area contributed by atoms with Crippen LogP contribution in [0, 0.1) is 0 Å². The van der Waals surface area contributed by atoms with Crippen LogP contribution in [0.25, 0.3) is 5.57 Å². The average Bonchev–Trinajstić information content (AvgIpc) is 2.71. The Bertz CT molecular complexity index is 700. The summed E-state index contributed by atoms with van der Waals surface area (Å²) in [4.78, 5) is 0. The molecule has 2 aromatic rings. The molecular weight excluding hydrogens is 348 g/mol. The molecule has 4 atom stereocenters. The zero-order chi connectivity index (χ0) is 20.0. The summed E-state index contributed by atoms with van der Waals surface area (Å²) in [6.45, 7) is 0.528. The van der Waals surface area contributed by atoms with E-state index in [-0.39, 0.29) is 5.76 Å². The first-order valence-corrected chi connectivity index (χ1v) is 8.61. The second-order valence-electron chi connectivity index (χ2n) is 6.47. The molecule has 0 aromatic heterocycles. The number of ether oxygens (including phenoxy) is 1. The second-order valence-corrected chi connectivity index (χ2v) is 6.47. The van der Waals surface area contributed by atoms with Gasteiger partial charge in [-0.25, -0.2) is 0 Å². The molecule has 5 N–H and O–H groups in total. The third kappa shape index (κ3) is 4.55. The standard InChI is InChI=1S/C21H26O6/c1-21(26,19(25)18(24)16(23)13-22)20(27-2)17(14-9-5-3-6-10-14)15-11-7-4-8-12-15/h3-12,16,18-19,22-26H,13H2,1-2H3. The number of benzene rings is 2. The van der Waals surface area contributed by atoms with Gasteiger partial charge in [0.2, 0.25) is 0 Å². The van der Waals surface area contributed by atoms with Gasteiger partial charge in [-0.15, -0.1) is 0 Å². The molecule has 0 aliphatic heterocycles. The molecular formula is C21H26O6.